The van der Waals surface area contributed by atoms with Crippen LogP contribution < -0.4 is 5.32 Å². The topological polar surface area (TPSA) is 76.4 Å². The van der Waals surface area contributed by atoms with Gasteiger partial charge in [-0.05, 0) is 43.5 Å². The summed E-state index contributed by atoms with van der Waals surface area (Å²) in [7, 11) is 0. The molecule has 2 amide bonds. The van der Waals surface area contributed by atoms with Crippen molar-refractivity contribution in [2.24, 2.45) is 0 Å². The fourth-order valence-electron chi connectivity index (χ4n) is 3.29. The van der Waals surface area contributed by atoms with E-state index in [4.69, 9.17) is 5.26 Å². The fraction of sp³-hybridized carbons (Fsp3) is 0.550. The van der Waals surface area contributed by atoms with Crippen LogP contribution in [0.4, 0.5) is 0 Å². The van der Waals surface area contributed by atoms with E-state index in [1.54, 1.807) is 6.92 Å². The van der Waals surface area contributed by atoms with Crippen molar-refractivity contribution < 1.29 is 9.59 Å². The van der Waals surface area contributed by atoms with Crippen molar-refractivity contribution in [2.75, 3.05) is 26.2 Å². The van der Waals surface area contributed by atoms with Crippen molar-refractivity contribution in [1.29, 1.82) is 5.26 Å². The van der Waals surface area contributed by atoms with Crippen LogP contribution in [0.25, 0.3) is 0 Å². The van der Waals surface area contributed by atoms with Crippen LogP contribution in [-0.2, 0) is 16.1 Å². The molecule has 1 aromatic rings. The Bertz CT molecular complexity index is 643. The Morgan fingerprint density at radius 1 is 1.27 bits per heavy atom. The summed E-state index contributed by atoms with van der Waals surface area (Å²) in [6, 6.07) is 9.77. The van der Waals surface area contributed by atoms with Gasteiger partial charge in [0.15, 0.2) is 0 Å². The summed E-state index contributed by atoms with van der Waals surface area (Å²) >= 11 is 0. The van der Waals surface area contributed by atoms with Gasteiger partial charge in [-0.15, -0.1) is 0 Å². The van der Waals surface area contributed by atoms with Gasteiger partial charge in [0.25, 0.3) is 0 Å². The number of hydrogen-bond acceptors (Lipinski definition) is 4. The van der Waals surface area contributed by atoms with Gasteiger partial charge in [0.05, 0.1) is 18.2 Å². The number of piperidine rings is 1. The molecule has 6 nitrogen and oxygen atoms in total. The molecule has 1 fully saturated rings. The number of carbonyl (C=O) groups excluding carboxylic acids is 2. The number of benzene rings is 1. The second-order valence-corrected chi connectivity index (χ2v) is 6.87. The Hall–Kier alpha value is -2.39. The van der Waals surface area contributed by atoms with Crippen molar-refractivity contribution in [2.45, 2.75) is 45.7 Å². The number of likely N-dealkylation sites (tertiary alicyclic amines) is 1. The number of rotatable bonds is 7. The molecule has 1 heterocycles. The minimum atomic E-state index is 0.0355. The number of nitrogens with one attached hydrogen (secondary N) is 1. The third kappa shape index (κ3) is 6.16. The van der Waals surface area contributed by atoms with Crippen LogP contribution >= 0.6 is 0 Å². The van der Waals surface area contributed by atoms with Gasteiger partial charge in [0, 0.05) is 32.6 Å². The van der Waals surface area contributed by atoms with E-state index in [0.29, 0.717) is 31.7 Å². The standard InChI is InChI=1S/C20H28N4O2/c1-3-10-23(14-18-6-4-17(13-21)5-7-18)15-20(26)22-19-8-11-24(12-9-19)16(2)25/h4-7,19H,3,8-12,14-15H2,1-2H3,(H,22,26). The number of nitriles is 1. The molecule has 26 heavy (non-hydrogen) atoms. The largest absolute Gasteiger partial charge is 0.352 e. The lowest BCUT2D eigenvalue weighted by molar-refractivity contribution is -0.130. The molecule has 1 saturated heterocycles. The normalized spacial score (nSPS) is 14.9. The molecule has 0 saturated carbocycles. The van der Waals surface area contributed by atoms with Crippen molar-refractivity contribution in [3.8, 4) is 6.07 Å². The SMILES string of the molecule is CCCN(CC(=O)NC1CCN(C(C)=O)CC1)Cc1ccc(C#N)cc1. The molecule has 0 aromatic heterocycles. The van der Waals surface area contributed by atoms with Gasteiger partial charge >= 0.3 is 0 Å². The molecule has 0 unspecified atom stereocenters. The van der Waals surface area contributed by atoms with Crippen LogP contribution in [0, 0.1) is 11.3 Å². The summed E-state index contributed by atoms with van der Waals surface area (Å²) < 4.78 is 0. The molecule has 140 valence electrons. The Morgan fingerprint density at radius 3 is 2.46 bits per heavy atom. The first-order valence-electron chi connectivity index (χ1n) is 9.28. The average molecular weight is 356 g/mol. The molecule has 0 atom stereocenters. The summed E-state index contributed by atoms with van der Waals surface area (Å²) in [6.45, 7) is 7.01. The molecular formula is C20H28N4O2. The zero-order valence-electron chi connectivity index (χ0n) is 15.7. The van der Waals surface area contributed by atoms with Gasteiger partial charge in [-0.3, -0.25) is 14.5 Å². The summed E-state index contributed by atoms with van der Waals surface area (Å²) in [5, 5.41) is 12.0. The van der Waals surface area contributed by atoms with E-state index >= 15 is 0 Å². The van der Waals surface area contributed by atoms with Gasteiger partial charge in [-0.25, -0.2) is 0 Å². The molecule has 0 aliphatic carbocycles. The van der Waals surface area contributed by atoms with Gasteiger partial charge in [-0.2, -0.15) is 5.26 Å². The summed E-state index contributed by atoms with van der Waals surface area (Å²) in [6.07, 6.45) is 2.60. The Balaban J connectivity index is 1.83. The molecule has 0 radical (unpaired) electrons. The number of carbonyl (C=O) groups is 2. The number of hydrogen-bond donors (Lipinski definition) is 1. The minimum Gasteiger partial charge on any atom is -0.352 e. The van der Waals surface area contributed by atoms with Crippen LogP contribution in [0.1, 0.15) is 44.2 Å². The van der Waals surface area contributed by atoms with Crippen LogP contribution in [0.5, 0.6) is 0 Å². The predicted molar refractivity (Wildman–Crippen MR) is 100 cm³/mol. The lowest BCUT2D eigenvalue weighted by atomic mass is 10.0. The van der Waals surface area contributed by atoms with Crippen molar-refractivity contribution in [3.63, 3.8) is 0 Å². The first-order valence-corrected chi connectivity index (χ1v) is 9.28. The summed E-state index contributed by atoms with van der Waals surface area (Å²) in [4.78, 5) is 27.8. The van der Waals surface area contributed by atoms with Crippen molar-refractivity contribution >= 4 is 11.8 Å². The van der Waals surface area contributed by atoms with E-state index in [2.05, 4.69) is 23.2 Å². The minimum absolute atomic E-state index is 0.0355. The van der Waals surface area contributed by atoms with Gasteiger partial charge < -0.3 is 10.2 Å². The van der Waals surface area contributed by atoms with Crippen LogP contribution in [0.15, 0.2) is 24.3 Å². The fourth-order valence-corrected chi connectivity index (χ4v) is 3.29. The highest BCUT2D eigenvalue weighted by atomic mass is 16.2. The van der Waals surface area contributed by atoms with E-state index in [1.165, 1.54) is 0 Å². The van der Waals surface area contributed by atoms with E-state index in [0.717, 1.165) is 31.4 Å². The number of nitrogens with zero attached hydrogens (tertiary/aromatic N) is 3. The zero-order valence-corrected chi connectivity index (χ0v) is 15.7. The maximum Gasteiger partial charge on any atom is 0.234 e. The predicted octanol–water partition coefficient (Wildman–Crippen LogP) is 1.90. The maximum atomic E-state index is 12.4. The molecule has 1 aromatic carbocycles. The molecule has 2 rings (SSSR count). The second-order valence-electron chi connectivity index (χ2n) is 6.87. The van der Waals surface area contributed by atoms with Crippen molar-refractivity contribution in [3.05, 3.63) is 35.4 Å². The molecule has 0 bridgehead atoms. The van der Waals surface area contributed by atoms with Crippen LogP contribution in [0.2, 0.25) is 0 Å². The summed E-state index contributed by atoms with van der Waals surface area (Å²) in [5.74, 6) is 0.139. The van der Waals surface area contributed by atoms with Crippen LogP contribution in [0.3, 0.4) is 0 Å². The molecule has 1 aliphatic heterocycles. The highest BCUT2D eigenvalue weighted by Gasteiger charge is 2.22. The van der Waals surface area contributed by atoms with Crippen LogP contribution in [-0.4, -0.2) is 53.8 Å². The molecule has 0 spiro atoms. The first kappa shape index (κ1) is 19.9. The monoisotopic (exact) mass is 356 g/mol. The number of amides is 2. The van der Waals surface area contributed by atoms with E-state index < -0.39 is 0 Å². The van der Waals surface area contributed by atoms with Gasteiger partial charge in [-0.1, -0.05) is 19.1 Å². The summed E-state index contributed by atoms with van der Waals surface area (Å²) in [5.41, 5.74) is 1.74. The van der Waals surface area contributed by atoms with Gasteiger partial charge in [0.2, 0.25) is 11.8 Å². The lowest BCUT2D eigenvalue weighted by Crippen LogP contribution is -2.48. The average Bonchev–Trinajstić information content (AvgIpc) is 2.63. The zero-order chi connectivity index (χ0) is 18.9. The van der Waals surface area contributed by atoms with Crippen molar-refractivity contribution in [1.82, 2.24) is 15.1 Å². The molecule has 1 N–H and O–H groups in total. The third-order valence-electron chi connectivity index (χ3n) is 4.70. The van der Waals surface area contributed by atoms with E-state index in [-0.39, 0.29) is 17.9 Å². The molecule has 1 aliphatic rings. The highest BCUT2D eigenvalue weighted by molar-refractivity contribution is 5.78. The molecule has 6 heteroatoms. The van der Waals surface area contributed by atoms with E-state index in [1.807, 2.05) is 29.2 Å². The Kier molecular flexibility index (Phi) is 7.61. The highest BCUT2D eigenvalue weighted by Crippen LogP contribution is 2.11. The second kappa shape index (κ2) is 9.93. The van der Waals surface area contributed by atoms with Gasteiger partial charge in [0.1, 0.15) is 0 Å². The quantitative estimate of drug-likeness (QED) is 0.809. The Morgan fingerprint density at radius 2 is 1.92 bits per heavy atom. The van der Waals surface area contributed by atoms with E-state index in [9.17, 15) is 9.59 Å². The third-order valence-corrected chi connectivity index (χ3v) is 4.70. The smallest absolute Gasteiger partial charge is 0.234 e. The maximum absolute atomic E-state index is 12.4. The Labute approximate surface area is 155 Å². The first-order chi connectivity index (χ1) is 12.5. The lowest BCUT2D eigenvalue weighted by Gasteiger charge is -2.32. The molecular weight excluding hydrogens is 328 g/mol.